The van der Waals surface area contributed by atoms with Gasteiger partial charge in [-0.25, -0.2) is 9.52 Å². The fourth-order valence-corrected chi connectivity index (χ4v) is 3.18. The van der Waals surface area contributed by atoms with Crippen LogP contribution in [0.4, 0.5) is 0 Å². The minimum Gasteiger partial charge on any atom is -0.852 e. The van der Waals surface area contributed by atoms with E-state index in [0.29, 0.717) is 12.8 Å². The van der Waals surface area contributed by atoms with Gasteiger partial charge in [-0.15, -0.1) is 10.7 Å². The first-order valence-corrected chi connectivity index (χ1v) is 10.2. The number of carbonyl (C=O) groups is 2. The Labute approximate surface area is 160 Å². The van der Waals surface area contributed by atoms with Gasteiger partial charge in [0.05, 0.1) is 0 Å². The molecule has 1 aliphatic rings. The Morgan fingerprint density at radius 3 is 2.63 bits per heavy atom. The molecule has 2 rings (SSSR count). The number of aromatic nitrogens is 1. The summed E-state index contributed by atoms with van der Waals surface area (Å²) in [6.45, 7) is 3.52. The summed E-state index contributed by atoms with van der Waals surface area (Å²) in [6.07, 6.45) is 8.42. The lowest BCUT2D eigenvalue weighted by Crippen LogP contribution is -2.38. The topological polar surface area (TPSA) is 116 Å². The molecule has 150 valence electrons. The number of unbranched alkanes of at least 4 members (excludes halogenated alkanes) is 2. The molecule has 8 nitrogen and oxygen atoms in total. The van der Waals surface area contributed by atoms with Gasteiger partial charge in [0.1, 0.15) is 5.76 Å². The molecule has 9 heteroatoms. The highest BCUT2D eigenvalue weighted by molar-refractivity contribution is 7.85. The van der Waals surface area contributed by atoms with E-state index < -0.39 is 22.3 Å². The van der Waals surface area contributed by atoms with Gasteiger partial charge in [-0.3, -0.25) is 4.79 Å². The quantitative estimate of drug-likeness (QED) is 0.388. The minimum atomic E-state index is -3.85. The molecule has 2 heterocycles. The van der Waals surface area contributed by atoms with Crippen LogP contribution in [0, 0.1) is 0 Å². The van der Waals surface area contributed by atoms with E-state index in [1.807, 2.05) is 18.2 Å². The van der Waals surface area contributed by atoms with Crippen LogP contribution < -0.4 is 14.4 Å². The molecule has 0 saturated carbocycles. The standard InChI is InChI=1S/C14H21NO2.C4H5NO4S/c1-2-3-4-8-14(17)10-9-13-7-5-6-11-15(13)12-16;1-3-2-4(6)5-10(7,8)9-3/h5-7,11-12,14H,2-4,8-10H2,1H3;2H,1H3,(H,5,6). The molecule has 0 fully saturated rings. The van der Waals surface area contributed by atoms with Crippen molar-refractivity contribution >= 4 is 22.6 Å². The van der Waals surface area contributed by atoms with Crippen LogP contribution in [0.1, 0.15) is 51.6 Å². The second-order valence-corrected chi connectivity index (χ2v) is 7.40. The van der Waals surface area contributed by atoms with Crippen LogP contribution in [0.3, 0.4) is 0 Å². The van der Waals surface area contributed by atoms with E-state index in [2.05, 4.69) is 11.1 Å². The average molecular weight is 398 g/mol. The second kappa shape index (κ2) is 11.5. The Hall–Kier alpha value is -2.26. The summed E-state index contributed by atoms with van der Waals surface area (Å²) in [5, 5.41) is 11.7. The fourth-order valence-electron chi connectivity index (χ4n) is 2.44. The Balaban J connectivity index is 0.000000309. The highest BCUT2D eigenvalue weighted by Crippen LogP contribution is 2.07. The third kappa shape index (κ3) is 9.30. The van der Waals surface area contributed by atoms with Crippen molar-refractivity contribution in [3.63, 3.8) is 0 Å². The molecule has 1 atom stereocenters. The largest absolute Gasteiger partial charge is 0.852 e. The zero-order valence-electron chi connectivity index (χ0n) is 15.6. The number of rotatable bonds is 8. The van der Waals surface area contributed by atoms with Crippen molar-refractivity contribution in [1.82, 2.24) is 4.72 Å². The van der Waals surface area contributed by atoms with Crippen LogP contribution in [0.5, 0.6) is 0 Å². The molecule has 1 N–H and O–H groups in total. The van der Waals surface area contributed by atoms with E-state index in [1.165, 1.54) is 6.92 Å². The maximum absolute atomic E-state index is 11.7. The van der Waals surface area contributed by atoms with Crippen molar-refractivity contribution in [3.8, 4) is 0 Å². The first-order chi connectivity index (χ1) is 12.8. The molecule has 27 heavy (non-hydrogen) atoms. The molecule has 0 spiro atoms. The van der Waals surface area contributed by atoms with Crippen LogP contribution >= 0.6 is 0 Å². The second-order valence-electron chi connectivity index (χ2n) is 6.12. The normalized spacial score (nSPS) is 16.1. The maximum atomic E-state index is 11.7. The fraction of sp³-hybridized carbons (Fsp3) is 0.500. The summed E-state index contributed by atoms with van der Waals surface area (Å²) in [6, 6.07) is 5.60. The van der Waals surface area contributed by atoms with Gasteiger partial charge in [0, 0.05) is 24.6 Å². The highest BCUT2D eigenvalue weighted by Gasteiger charge is 2.20. The first-order valence-electron chi connectivity index (χ1n) is 8.82. The van der Waals surface area contributed by atoms with Crippen LogP contribution in [0.2, 0.25) is 0 Å². The van der Waals surface area contributed by atoms with E-state index in [9.17, 15) is 23.1 Å². The molecular formula is C18H26N2O6S. The number of allylic oxidation sites excluding steroid dienone is 1. The summed E-state index contributed by atoms with van der Waals surface area (Å²) < 4.78 is 28.4. The van der Waals surface area contributed by atoms with Crippen molar-refractivity contribution in [2.24, 2.45) is 0 Å². The van der Waals surface area contributed by atoms with Crippen molar-refractivity contribution < 1.29 is 31.9 Å². The molecule has 0 aromatic carbocycles. The van der Waals surface area contributed by atoms with Crippen LogP contribution in [0.25, 0.3) is 0 Å². The van der Waals surface area contributed by atoms with Crippen molar-refractivity contribution in [2.45, 2.75) is 58.5 Å². The van der Waals surface area contributed by atoms with Crippen LogP contribution in [-0.2, 0) is 30.5 Å². The summed E-state index contributed by atoms with van der Waals surface area (Å²) in [5.41, 5.74) is 0.916. The third-order valence-electron chi connectivity index (χ3n) is 3.74. The lowest BCUT2D eigenvalue weighted by atomic mass is 10.0. The third-order valence-corrected chi connectivity index (χ3v) is 4.68. The monoisotopic (exact) mass is 398 g/mol. The Morgan fingerprint density at radius 1 is 1.30 bits per heavy atom. The van der Waals surface area contributed by atoms with E-state index >= 15 is 0 Å². The molecule has 1 aromatic heterocycles. The number of amides is 1. The molecule has 1 unspecified atom stereocenters. The van der Waals surface area contributed by atoms with Gasteiger partial charge in [0.2, 0.25) is 0 Å². The summed E-state index contributed by atoms with van der Waals surface area (Å²) >= 11 is 0. The lowest BCUT2D eigenvalue weighted by molar-refractivity contribution is -0.562. The summed E-state index contributed by atoms with van der Waals surface area (Å²) in [5.74, 6) is -0.604. The number of nitrogens with zero attached hydrogens (tertiary/aromatic N) is 1. The number of hydrogen-bond acceptors (Lipinski definition) is 6. The lowest BCUT2D eigenvalue weighted by Gasteiger charge is -2.20. The van der Waals surface area contributed by atoms with Crippen molar-refractivity contribution in [2.75, 3.05) is 0 Å². The van der Waals surface area contributed by atoms with E-state index in [-0.39, 0.29) is 5.76 Å². The van der Waals surface area contributed by atoms with E-state index in [1.54, 1.807) is 15.5 Å². The number of pyridine rings is 1. The van der Waals surface area contributed by atoms with Gasteiger partial charge in [0.15, 0.2) is 11.9 Å². The number of nitrogens with one attached hydrogen (secondary N) is 1. The van der Waals surface area contributed by atoms with Gasteiger partial charge in [-0.1, -0.05) is 45.1 Å². The van der Waals surface area contributed by atoms with Gasteiger partial charge in [-0.2, -0.15) is 8.42 Å². The molecule has 0 radical (unpaired) electrons. The number of hydrogen-bond donors (Lipinski definition) is 1. The summed E-state index contributed by atoms with van der Waals surface area (Å²) in [4.78, 5) is 21.2. The molecule has 0 saturated heterocycles. The van der Waals surface area contributed by atoms with Crippen molar-refractivity contribution in [1.29, 1.82) is 0 Å². The maximum Gasteiger partial charge on any atom is 0.409 e. The van der Waals surface area contributed by atoms with Gasteiger partial charge < -0.3 is 9.29 Å². The molecule has 1 aliphatic heterocycles. The average Bonchev–Trinajstić information content (AvgIpc) is 2.59. The van der Waals surface area contributed by atoms with Crippen LogP contribution in [-0.4, -0.2) is 26.8 Å². The van der Waals surface area contributed by atoms with Crippen LogP contribution in [0.15, 0.2) is 36.2 Å². The van der Waals surface area contributed by atoms with Crippen molar-refractivity contribution in [3.05, 3.63) is 41.9 Å². The highest BCUT2D eigenvalue weighted by atomic mass is 32.2. The molecular weight excluding hydrogens is 372 g/mol. The molecule has 1 amide bonds. The Bertz CT molecular complexity index is 761. The van der Waals surface area contributed by atoms with E-state index in [4.69, 9.17) is 0 Å². The smallest absolute Gasteiger partial charge is 0.409 e. The SMILES string of the molecule is CC1=CC(=O)NS(=O)(=O)O1.CCCCCC([O-])CCc1cccc[n+]1C=O. The minimum absolute atomic E-state index is 0.0729. The predicted molar refractivity (Wildman–Crippen MR) is 96.9 cm³/mol. The summed E-state index contributed by atoms with van der Waals surface area (Å²) in [7, 11) is -3.85. The Kier molecular flexibility index (Phi) is 9.66. The Morgan fingerprint density at radius 2 is 2.04 bits per heavy atom. The van der Waals surface area contributed by atoms with Gasteiger partial charge in [-0.05, 0) is 6.92 Å². The predicted octanol–water partition coefficient (Wildman–Crippen LogP) is 0.536. The van der Waals surface area contributed by atoms with E-state index in [0.717, 1.165) is 43.9 Å². The molecule has 0 bridgehead atoms. The zero-order chi connectivity index (χ0) is 20.3. The number of aryl methyl sites for hydroxylation is 1. The first kappa shape index (κ1) is 22.8. The zero-order valence-corrected chi connectivity index (χ0v) is 16.4. The number of carbonyl (C=O) groups excluding carboxylic acids is 2. The molecule has 0 aliphatic carbocycles. The van der Waals surface area contributed by atoms with Gasteiger partial charge >= 0.3 is 16.7 Å². The van der Waals surface area contributed by atoms with Gasteiger partial charge in [0.25, 0.3) is 5.91 Å². The molecule has 1 aromatic rings.